The summed E-state index contributed by atoms with van der Waals surface area (Å²) in [6.07, 6.45) is 0.108. The molecule has 1 aromatic carbocycles. The second-order valence-corrected chi connectivity index (χ2v) is 5.54. The van der Waals surface area contributed by atoms with Gasteiger partial charge in [0.2, 0.25) is 0 Å². The number of benzene rings is 1. The van der Waals surface area contributed by atoms with Gasteiger partial charge in [0.05, 0.1) is 30.1 Å². The minimum atomic E-state index is 0.108. The quantitative estimate of drug-likeness (QED) is 0.715. The summed E-state index contributed by atoms with van der Waals surface area (Å²) in [7, 11) is 0. The van der Waals surface area contributed by atoms with Crippen LogP contribution in [0.25, 0.3) is 0 Å². The normalized spacial score (nSPS) is 12.8. The molecule has 0 fully saturated rings. The van der Waals surface area contributed by atoms with Crippen molar-refractivity contribution in [2.45, 2.75) is 46.8 Å². The van der Waals surface area contributed by atoms with Gasteiger partial charge in [0.25, 0.3) is 0 Å². The monoisotopic (exact) mass is 280 g/mol. The Kier molecular flexibility index (Phi) is 6.65. The van der Waals surface area contributed by atoms with E-state index in [1.165, 1.54) is 0 Å². The van der Waals surface area contributed by atoms with E-state index in [0.717, 1.165) is 18.0 Å². The van der Waals surface area contributed by atoms with E-state index in [9.17, 15) is 0 Å². The van der Waals surface area contributed by atoms with Gasteiger partial charge in [0, 0.05) is 6.61 Å². The number of anilines is 2. The Bertz CT molecular complexity index is 405. The fraction of sp³-hybridized carbons (Fsp3) is 0.625. The summed E-state index contributed by atoms with van der Waals surface area (Å²) in [4.78, 5) is 0. The van der Waals surface area contributed by atoms with Crippen molar-refractivity contribution in [3.05, 3.63) is 18.2 Å². The molecule has 1 aromatic rings. The van der Waals surface area contributed by atoms with Crippen molar-refractivity contribution < 1.29 is 9.47 Å². The number of nitrogen functional groups attached to an aromatic ring is 1. The van der Waals surface area contributed by atoms with Crippen molar-refractivity contribution in [2.24, 2.45) is 5.92 Å². The number of para-hydroxylation sites is 1. The van der Waals surface area contributed by atoms with Crippen LogP contribution >= 0.6 is 0 Å². The molecular formula is C16H28N2O2. The van der Waals surface area contributed by atoms with Crippen molar-refractivity contribution >= 4 is 11.4 Å². The van der Waals surface area contributed by atoms with Gasteiger partial charge >= 0.3 is 0 Å². The third-order valence-corrected chi connectivity index (χ3v) is 3.08. The molecule has 0 aliphatic rings. The van der Waals surface area contributed by atoms with Crippen LogP contribution in [0, 0.1) is 5.92 Å². The second kappa shape index (κ2) is 8.00. The van der Waals surface area contributed by atoms with Crippen LogP contribution in [0.15, 0.2) is 18.2 Å². The molecule has 0 radical (unpaired) electrons. The van der Waals surface area contributed by atoms with Gasteiger partial charge in [0.15, 0.2) is 0 Å². The number of nitrogens with two attached hydrogens (primary N) is 1. The lowest BCUT2D eigenvalue weighted by atomic mass is 10.0. The van der Waals surface area contributed by atoms with Crippen LogP contribution in [-0.2, 0) is 4.74 Å². The molecule has 0 heterocycles. The van der Waals surface area contributed by atoms with E-state index >= 15 is 0 Å². The average Bonchev–Trinajstić information content (AvgIpc) is 2.37. The van der Waals surface area contributed by atoms with Crippen LogP contribution in [0.3, 0.4) is 0 Å². The SMILES string of the molecule is CCOCC(Nc1cccc(OC(C)C)c1N)C(C)C. The summed E-state index contributed by atoms with van der Waals surface area (Å²) in [5.74, 6) is 1.18. The van der Waals surface area contributed by atoms with Crippen molar-refractivity contribution in [3.63, 3.8) is 0 Å². The second-order valence-electron chi connectivity index (χ2n) is 5.54. The fourth-order valence-electron chi connectivity index (χ4n) is 1.87. The molecule has 1 atom stereocenters. The highest BCUT2D eigenvalue weighted by molar-refractivity contribution is 5.73. The molecule has 0 amide bonds. The number of hydrogen-bond acceptors (Lipinski definition) is 4. The predicted octanol–water partition coefficient (Wildman–Crippen LogP) is 3.53. The standard InChI is InChI=1S/C16H28N2O2/c1-6-19-10-14(11(2)3)18-13-8-7-9-15(16(13)17)20-12(4)5/h7-9,11-12,14,18H,6,10,17H2,1-5H3. The molecular weight excluding hydrogens is 252 g/mol. The third-order valence-electron chi connectivity index (χ3n) is 3.08. The van der Waals surface area contributed by atoms with Crippen LogP contribution < -0.4 is 15.8 Å². The maximum atomic E-state index is 6.18. The van der Waals surface area contributed by atoms with E-state index < -0.39 is 0 Å². The summed E-state index contributed by atoms with van der Waals surface area (Å²) in [5.41, 5.74) is 7.74. The summed E-state index contributed by atoms with van der Waals surface area (Å²) in [6, 6.07) is 6.05. The van der Waals surface area contributed by atoms with Crippen LogP contribution in [0.4, 0.5) is 11.4 Å². The van der Waals surface area contributed by atoms with Crippen molar-refractivity contribution in [1.82, 2.24) is 0 Å². The molecule has 4 heteroatoms. The van der Waals surface area contributed by atoms with Gasteiger partial charge in [-0.15, -0.1) is 0 Å². The van der Waals surface area contributed by atoms with Gasteiger partial charge in [-0.05, 0) is 38.8 Å². The smallest absolute Gasteiger partial charge is 0.144 e. The van der Waals surface area contributed by atoms with Gasteiger partial charge < -0.3 is 20.5 Å². The van der Waals surface area contributed by atoms with Crippen molar-refractivity contribution in [1.29, 1.82) is 0 Å². The van der Waals surface area contributed by atoms with Gasteiger partial charge in [-0.1, -0.05) is 19.9 Å². The molecule has 0 saturated heterocycles. The Labute approximate surface area is 122 Å². The zero-order valence-corrected chi connectivity index (χ0v) is 13.3. The Morgan fingerprint density at radius 1 is 1.20 bits per heavy atom. The molecule has 0 bridgehead atoms. The lowest BCUT2D eigenvalue weighted by Crippen LogP contribution is -2.31. The molecule has 0 spiro atoms. The van der Waals surface area contributed by atoms with Crippen LogP contribution in [-0.4, -0.2) is 25.4 Å². The molecule has 1 unspecified atom stereocenters. The molecule has 3 N–H and O–H groups in total. The van der Waals surface area contributed by atoms with Gasteiger partial charge in [0.1, 0.15) is 5.75 Å². The molecule has 114 valence electrons. The highest BCUT2D eigenvalue weighted by atomic mass is 16.5. The highest BCUT2D eigenvalue weighted by Gasteiger charge is 2.16. The minimum absolute atomic E-state index is 0.108. The minimum Gasteiger partial charge on any atom is -0.489 e. The molecule has 4 nitrogen and oxygen atoms in total. The first kappa shape index (κ1) is 16.6. The summed E-state index contributed by atoms with van der Waals surface area (Å²) < 4.78 is 11.2. The first-order valence-corrected chi connectivity index (χ1v) is 7.35. The van der Waals surface area contributed by atoms with E-state index in [1.54, 1.807) is 0 Å². The van der Waals surface area contributed by atoms with E-state index in [4.69, 9.17) is 15.2 Å². The summed E-state index contributed by atoms with van der Waals surface area (Å²) in [5, 5.41) is 3.47. The molecule has 1 rings (SSSR count). The van der Waals surface area contributed by atoms with Crippen molar-refractivity contribution in [3.8, 4) is 5.75 Å². The van der Waals surface area contributed by atoms with Crippen LogP contribution in [0.2, 0.25) is 0 Å². The molecule has 0 aliphatic carbocycles. The molecule has 20 heavy (non-hydrogen) atoms. The Hall–Kier alpha value is -1.42. The third kappa shape index (κ3) is 4.93. The van der Waals surface area contributed by atoms with Crippen LogP contribution in [0.1, 0.15) is 34.6 Å². The van der Waals surface area contributed by atoms with Gasteiger partial charge in [-0.25, -0.2) is 0 Å². The Morgan fingerprint density at radius 3 is 2.45 bits per heavy atom. The van der Waals surface area contributed by atoms with E-state index in [1.807, 2.05) is 39.0 Å². The van der Waals surface area contributed by atoms with E-state index in [0.29, 0.717) is 18.2 Å². The number of hydrogen-bond donors (Lipinski definition) is 2. The first-order chi connectivity index (χ1) is 9.45. The first-order valence-electron chi connectivity index (χ1n) is 7.35. The summed E-state index contributed by atoms with van der Waals surface area (Å²) >= 11 is 0. The van der Waals surface area contributed by atoms with E-state index in [2.05, 4.69) is 19.2 Å². The highest BCUT2D eigenvalue weighted by Crippen LogP contribution is 2.31. The molecule has 0 aromatic heterocycles. The van der Waals surface area contributed by atoms with Gasteiger partial charge in [-0.3, -0.25) is 0 Å². The van der Waals surface area contributed by atoms with Gasteiger partial charge in [-0.2, -0.15) is 0 Å². The zero-order chi connectivity index (χ0) is 15.1. The number of rotatable bonds is 8. The Morgan fingerprint density at radius 2 is 1.90 bits per heavy atom. The lowest BCUT2D eigenvalue weighted by Gasteiger charge is -2.25. The Balaban J connectivity index is 2.84. The molecule has 0 aliphatic heterocycles. The average molecular weight is 280 g/mol. The van der Waals surface area contributed by atoms with E-state index in [-0.39, 0.29) is 12.1 Å². The molecule has 0 saturated carbocycles. The topological polar surface area (TPSA) is 56.5 Å². The number of ether oxygens (including phenoxy) is 2. The maximum absolute atomic E-state index is 6.18. The largest absolute Gasteiger partial charge is 0.489 e. The fourth-order valence-corrected chi connectivity index (χ4v) is 1.87. The predicted molar refractivity (Wildman–Crippen MR) is 85.4 cm³/mol. The van der Waals surface area contributed by atoms with Crippen LogP contribution in [0.5, 0.6) is 5.75 Å². The summed E-state index contributed by atoms with van der Waals surface area (Å²) in [6.45, 7) is 11.7. The zero-order valence-electron chi connectivity index (χ0n) is 13.3. The maximum Gasteiger partial charge on any atom is 0.144 e. The number of nitrogens with one attached hydrogen (secondary N) is 1. The van der Waals surface area contributed by atoms with Crippen molar-refractivity contribution in [2.75, 3.05) is 24.3 Å². The lowest BCUT2D eigenvalue weighted by molar-refractivity contribution is 0.127.